The van der Waals surface area contributed by atoms with Crippen LogP contribution < -0.4 is 19.9 Å². The third kappa shape index (κ3) is 3.82. The molecule has 1 unspecified atom stereocenters. The molecule has 0 bridgehead atoms. The van der Waals surface area contributed by atoms with Gasteiger partial charge in [-0.25, -0.2) is 13.1 Å². The molecule has 0 aliphatic heterocycles. The number of benzene rings is 1. The molecule has 1 aromatic carbocycles. The van der Waals surface area contributed by atoms with Crippen molar-refractivity contribution in [3.63, 3.8) is 0 Å². The minimum Gasteiger partial charge on any atom is -0.497 e. The third-order valence-electron chi connectivity index (χ3n) is 2.76. The summed E-state index contributed by atoms with van der Waals surface area (Å²) in [4.78, 5) is 0.0428. The number of ether oxygens (including phenoxy) is 2. The van der Waals surface area contributed by atoms with Crippen LogP contribution in [0.2, 0.25) is 0 Å². The van der Waals surface area contributed by atoms with Gasteiger partial charge in [0.2, 0.25) is 10.0 Å². The quantitative estimate of drug-likeness (QED) is 0.771. The van der Waals surface area contributed by atoms with E-state index >= 15 is 0 Å². The van der Waals surface area contributed by atoms with Gasteiger partial charge in [0.15, 0.2) is 0 Å². The van der Waals surface area contributed by atoms with Gasteiger partial charge in [0.25, 0.3) is 0 Å². The Bertz CT molecular complexity index is 512. The van der Waals surface area contributed by atoms with Crippen molar-refractivity contribution >= 4 is 10.0 Å². The SMILES string of the molecule is CCC(CN)NS(=O)(=O)c1cc(OC)ccc1OC. The number of hydrogen-bond acceptors (Lipinski definition) is 5. The molecular weight excluding hydrogens is 268 g/mol. The topological polar surface area (TPSA) is 90.7 Å². The highest BCUT2D eigenvalue weighted by molar-refractivity contribution is 7.89. The molecule has 3 N–H and O–H groups in total. The zero-order valence-corrected chi connectivity index (χ0v) is 12.2. The minimum atomic E-state index is -3.69. The first-order valence-electron chi connectivity index (χ1n) is 5.92. The molecule has 1 atom stereocenters. The molecule has 0 radical (unpaired) electrons. The Morgan fingerprint density at radius 3 is 2.47 bits per heavy atom. The van der Waals surface area contributed by atoms with E-state index in [9.17, 15) is 8.42 Å². The predicted molar refractivity (Wildman–Crippen MR) is 73.0 cm³/mol. The van der Waals surface area contributed by atoms with Crippen LogP contribution in [0.5, 0.6) is 11.5 Å². The number of rotatable bonds is 7. The highest BCUT2D eigenvalue weighted by atomic mass is 32.2. The molecule has 6 nitrogen and oxygen atoms in total. The van der Waals surface area contributed by atoms with Gasteiger partial charge < -0.3 is 15.2 Å². The minimum absolute atomic E-state index is 0.0428. The molecule has 0 aliphatic carbocycles. The van der Waals surface area contributed by atoms with Gasteiger partial charge in [-0.15, -0.1) is 0 Å². The summed E-state index contributed by atoms with van der Waals surface area (Å²) < 4.78 is 37.3. The van der Waals surface area contributed by atoms with Crippen molar-refractivity contribution in [3.05, 3.63) is 18.2 Å². The van der Waals surface area contributed by atoms with E-state index in [0.29, 0.717) is 12.2 Å². The second-order valence-electron chi connectivity index (χ2n) is 3.98. The standard InChI is InChI=1S/C12H20N2O4S/c1-4-9(8-13)14-19(15,16)12-7-10(17-2)5-6-11(12)18-3/h5-7,9,14H,4,8,13H2,1-3H3. The van der Waals surface area contributed by atoms with Gasteiger partial charge in [0.05, 0.1) is 14.2 Å². The van der Waals surface area contributed by atoms with Crippen LogP contribution in [-0.2, 0) is 10.0 Å². The maximum absolute atomic E-state index is 12.3. The fourth-order valence-electron chi connectivity index (χ4n) is 1.58. The van der Waals surface area contributed by atoms with Crippen molar-refractivity contribution in [3.8, 4) is 11.5 Å². The van der Waals surface area contributed by atoms with Gasteiger partial charge in [-0.2, -0.15) is 0 Å². The first-order valence-corrected chi connectivity index (χ1v) is 7.41. The van der Waals surface area contributed by atoms with E-state index in [1.165, 1.54) is 20.3 Å². The smallest absolute Gasteiger partial charge is 0.244 e. The maximum atomic E-state index is 12.3. The Morgan fingerprint density at radius 2 is 2.00 bits per heavy atom. The molecule has 19 heavy (non-hydrogen) atoms. The molecule has 0 saturated carbocycles. The van der Waals surface area contributed by atoms with Crippen molar-refractivity contribution < 1.29 is 17.9 Å². The normalized spacial score (nSPS) is 13.1. The summed E-state index contributed by atoms with van der Waals surface area (Å²) in [6, 6.07) is 4.31. The zero-order chi connectivity index (χ0) is 14.5. The summed E-state index contributed by atoms with van der Waals surface area (Å²) in [7, 11) is -0.804. The van der Waals surface area contributed by atoms with Crippen LogP contribution in [0.3, 0.4) is 0 Å². The average molecular weight is 288 g/mol. The fourth-order valence-corrected chi connectivity index (χ4v) is 3.09. The molecule has 0 fully saturated rings. The maximum Gasteiger partial charge on any atom is 0.244 e. The Hall–Kier alpha value is -1.31. The van der Waals surface area contributed by atoms with Gasteiger partial charge in [-0.05, 0) is 18.6 Å². The second kappa shape index (κ2) is 6.74. The summed E-state index contributed by atoms with van der Waals surface area (Å²) in [5, 5.41) is 0. The van der Waals surface area contributed by atoms with Crippen LogP contribution in [0.1, 0.15) is 13.3 Å². The van der Waals surface area contributed by atoms with Crippen LogP contribution in [0.15, 0.2) is 23.1 Å². The third-order valence-corrected chi connectivity index (χ3v) is 4.30. The van der Waals surface area contributed by atoms with Crippen LogP contribution in [-0.4, -0.2) is 35.2 Å². The van der Waals surface area contributed by atoms with E-state index in [1.54, 1.807) is 12.1 Å². The van der Waals surface area contributed by atoms with Crippen molar-refractivity contribution in [1.82, 2.24) is 4.72 Å². The van der Waals surface area contributed by atoms with E-state index in [1.807, 2.05) is 6.92 Å². The van der Waals surface area contributed by atoms with Gasteiger partial charge in [0.1, 0.15) is 16.4 Å². The molecule has 0 aliphatic rings. The molecule has 0 heterocycles. The number of sulfonamides is 1. The van der Waals surface area contributed by atoms with Crippen LogP contribution in [0.4, 0.5) is 0 Å². The summed E-state index contributed by atoms with van der Waals surface area (Å²) >= 11 is 0. The van der Waals surface area contributed by atoms with Crippen LogP contribution in [0, 0.1) is 0 Å². The van der Waals surface area contributed by atoms with E-state index < -0.39 is 10.0 Å². The summed E-state index contributed by atoms with van der Waals surface area (Å²) in [5.74, 6) is 0.710. The lowest BCUT2D eigenvalue weighted by molar-refractivity contribution is 0.391. The molecule has 108 valence electrons. The fraction of sp³-hybridized carbons (Fsp3) is 0.500. The average Bonchev–Trinajstić information content (AvgIpc) is 2.43. The van der Waals surface area contributed by atoms with E-state index in [2.05, 4.69) is 4.72 Å². The summed E-state index contributed by atoms with van der Waals surface area (Å²) in [6.45, 7) is 2.10. The van der Waals surface area contributed by atoms with Crippen molar-refractivity contribution in [2.45, 2.75) is 24.3 Å². The molecule has 7 heteroatoms. The summed E-state index contributed by atoms with van der Waals surface area (Å²) in [5.41, 5.74) is 5.51. The number of hydrogen-bond donors (Lipinski definition) is 2. The Kier molecular flexibility index (Phi) is 5.59. The predicted octanol–water partition coefficient (Wildman–Crippen LogP) is 0.719. The monoisotopic (exact) mass is 288 g/mol. The molecular formula is C12H20N2O4S. The van der Waals surface area contributed by atoms with Crippen molar-refractivity contribution in [2.24, 2.45) is 5.73 Å². The lowest BCUT2D eigenvalue weighted by atomic mass is 10.2. The Morgan fingerprint density at radius 1 is 1.32 bits per heavy atom. The second-order valence-corrected chi connectivity index (χ2v) is 5.66. The van der Waals surface area contributed by atoms with Gasteiger partial charge >= 0.3 is 0 Å². The molecule has 1 aromatic rings. The van der Waals surface area contributed by atoms with Crippen LogP contribution >= 0.6 is 0 Å². The lowest BCUT2D eigenvalue weighted by Gasteiger charge is -2.17. The first kappa shape index (κ1) is 15.7. The van der Waals surface area contributed by atoms with Crippen LogP contribution in [0.25, 0.3) is 0 Å². The van der Waals surface area contributed by atoms with Crippen molar-refractivity contribution in [2.75, 3.05) is 20.8 Å². The summed E-state index contributed by atoms with van der Waals surface area (Å²) in [6.07, 6.45) is 0.613. The van der Waals surface area contributed by atoms with E-state index in [4.69, 9.17) is 15.2 Å². The van der Waals surface area contributed by atoms with Crippen molar-refractivity contribution in [1.29, 1.82) is 0 Å². The van der Waals surface area contributed by atoms with E-state index in [-0.39, 0.29) is 23.2 Å². The molecule has 0 saturated heterocycles. The van der Waals surface area contributed by atoms with Gasteiger partial charge in [-0.1, -0.05) is 6.92 Å². The largest absolute Gasteiger partial charge is 0.497 e. The molecule has 0 amide bonds. The zero-order valence-electron chi connectivity index (χ0n) is 11.3. The number of nitrogens with two attached hydrogens (primary N) is 1. The lowest BCUT2D eigenvalue weighted by Crippen LogP contribution is -2.39. The highest BCUT2D eigenvalue weighted by Gasteiger charge is 2.23. The molecule has 1 rings (SSSR count). The Balaban J connectivity index is 3.18. The first-order chi connectivity index (χ1) is 8.98. The van der Waals surface area contributed by atoms with Gasteiger partial charge in [-0.3, -0.25) is 0 Å². The van der Waals surface area contributed by atoms with Gasteiger partial charge in [0, 0.05) is 18.7 Å². The highest BCUT2D eigenvalue weighted by Crippen LogP contribution is 2.28. The molecule has 0 aromatic heterocycles. The number of methoxy groups -OCH3 is 2. The number of nitrogens with one attached hydrogen (secondary N) is 1. The van der Waals surface area contributed by atoms with E-state index in [0.717, 1.165) is 0 Å². The Labute approximate surface area is 113 Å². The molecule has 0 spiro atoms.